The molecule has 0 saturated heterocycles. The van der Waals surface area contributed by atoms with Gasteiger partial charge in [-0.15, -0.1) is 11.3 Å². The Bertz CT molecular complexity index is 796. The van der Waals surface area contributed by atoms with Gasteiger partial charge >= 0.3 is 0 Å². The molecule has 0 radical (unpaired) electrons. The molecule has 2 nitrogen and oxygen atoms in total. The van der Waals surface area contributed by atoms with Crippen LogP contribution in [0, 0.1) is 0 Å². The van der Waals surface area contributed by atoms with Gasteiger partial charge in [-0.25, -0.2) is 9.97 Å². The highest BCUT2D eigenvalue weighted by Gasteiger charge is 2.10. The minimum atomic E-state index is 0.337. The first-order valence-corrected chi connectivity index (χ1v) is 8.16. The summed E-state index contributed by atoms with van der Waals surface area (Å²) in [5.41, 5.74) is 2.55. The normalized spacial score (nSPS) is 10.9. The summed E-state index contributed by atoms with van der Waals surface area (Å²) in [6.45, 7) is 0. The first kappa shape index (κ1) is 15.1. The molecule has 0 atom stereocenters. The van der Waals surface area contributed by atoms with Crippen LogP contribution in [0.25, 0.3) is 21.8 Å². The maximum Gasteiger partial charge on any atom is 0.131 e. The molecule has 0 aliphatic rings. The van der Waals surface area contributed by atoms with Crippen LogP contribution in [0.3, 0.4) is 0 Å². The van der Waals surface area contributed by atoms with Crippen molar-refractivity contribution in [2.45, 2.75) is 0 Å². The molecule has 2 heterocycles. The Morgan fingerprint density at radius 3 is 2.14 bits per heavy atom. The fourth-order valence-corrected chi connectivity index (χ4v) is 3.36. The lowest BCUT2D eigenvalue weighted by atomic mass is 10.2. The number of pyridine rings is 1. The molecule has 21 heavy (non-hydrogen) atoms. The molecule has 1 aromatic carbocycles. The number of hydrogen-bond donors (Lipinski definition) is 0. The third-order valence-electron chi connectivity index (χ3n) is 2.73. The van der Waals surface area contributed by atoms with Gasteiger partial charge in [0.15, 0.2) is 0 Å². The minimum absolute atomic E-state index is 0.337. The van der Waals surface area contributed by atoms with Crippen molar-refractivity contribution in [1.29, 1.82) is 0 Å². The van der Waals surface area contributed by atoms with E-state index in [0.29, 0.717) is 20.4 Å². The van der Waals surface area contributed by atoms with E-state index in [1.165, 1.54) is 11.3 Å². The molecule has 0 bridgehead atoms. The largest absolute Gasteiger partial charge is 0.236 e. The molecule has 0 spiro atoms. The first-order valence-electron chi connectivity index (χ1n) is 5.77. The van der Waals surface area contributed by atoms with E-state index in [0.717, 1.165) is 21.8 Å². The van der Waals surface area contributed by atoms with Gasteiger partial charge < -0.3 is 0 Å². The number of rotatable bonds is 2. The second-order valence-electron chi connectivity index (χ2n) is 4.17. The Labute approximate surface area is 145 Å². The summed E-state index contributed by atoms with van der Waals surface area (Å²) in [5.74, 6) is 0. The predicted octanol–water partition coefficient (Wildman–Crippen LogP) is 6.49. The lowest BCUT2D eigenvalue weighted by Crippen LogP contribution is -1.83. The molecule has 0 aliphatic carbocycles. The van der Waals surface area contributed by atoms with E-state index < -0.39 is 0 Å². The molecule has 0 aliphatic heterocycles. The van der Waals surface area contributed by atoms with E-state index in [1.807, 2.05) is 11.4 Å². The molecule has 0 amide bonds. The van der Waals surface area contributed by atoms with Crippen molar-refractivity contribution in [3.05, 3.63) is 56.1 Å². The zero-order valence-electron chi connectivity index (χ0n) is 10.3. The maximum atomic E-state index is 6.03. The standard InChI is InChI=1S/C14H6Cl4N2S/c15-9-2-1-7(3-10(9)16)11-6-21-14(19-11)8-4-12(17)20-13(18)5-8/h1-6H. The van der Waals surface area contributed by atoms with E-state index in [-0.39, 0.29) is 0 Å². The van der Waals surface area contributed by atoms with Crippen molar-refractivity contribution in [3.63, 3.8) is 0 Å². The lowest BCUT2D eigenvalue weighted by Gasteiger charge is -2.00. The average Bonchev–Trinajstić information content (AvgIpc) is 2.90. The van der Waals surface area contributed by atoms with Gasteiger partial charge in [-0.2, -0.15) is 0 Å². The van der Waals surface area contributed by atoms with Crippen LogP contribution >= 0.6 is 57.7 Å². The summed E-state index contributed by atoms with van der Waals surface area (Å²) in [7, 11) is 0. The van der Waals surface area contributed by atoms with Crippen LogP contribution in [0.15, 0.2) is 35.7 Å². The molecular formula is C14H6Cl4N2S. The molecule has 0 saturated carbocycles. The SMILES string of the molecule is Clc1cc(-c2nc(-c3ccc(Cl)c(Cl)c3)cs2)cc(Cl)n1. The number of halogens is 4. The minimum Gasteiger partial charge on any atom is -0.236 e. The third kappa shape index (κ3) is 3.33. The Morgan fingerprint density at radius 1 is 0.762 bits per heavy atom. The van der Waals surface area contributed by atoms with Crippen LogP contribution in [0.1, 0.15) is 0 Å². The average molecular weight is 376 g/mol. The lowest BCUT2D eigenvalue weighted by molar-refractivity contribution is 1.32. The van der Waals surface area contributed by atoms with Crippen LogP contribution < -0.4 is 0 Å². The van der Waals surface area contributed by atoms with Crippen molar-refractivity contribution in [2.75, 3.05) is 0 Å². The Balaban J connectivity index is 2.01. The zero-order chi connectivity index (χ0) is 15.0. The molecule has 0 fully saturated rings. The summed E-state index contributed by atoms with van der Waals surface area (Å²) in [6.07, 6.45) is 0. The smallest absolute Gasteiger partial charge is 0.131 e. The summed E-state index contributed by atoms with van der Waals surface area (Å²) < 4.78 is 0. The maximum absolute atomic E-state index is 6.03. The first-order chi connectivity index (χ1) is 10.0. The van der Waals surface area contributed by atoms with Crippen molar-refractivity contribution in [3.8, 4) is 21.8 Å². The summed E-state index contributed by atoms with van der Waals surface area (Å²) in [5, 5.41) is 4.44. The highest BCUT2D eigenvalue weighted by atomic mass is 35.5. The molecule has 3 aromatic rings. The molecule has 2 aromatic heterocycles. The monoisotopic (exact) mass is 374 g/mol. The molecular weight excluding hydrogens is 370 g/mol. The predicted molar refractivity (Wildman–Crippen MR) is 90.8 cm³/mol. The molecule has 7 heteroatoms. The van der Waals surface area contributed by atoms with Gasteiger partial charge in [-0.1, -0.05) is 52.5 Å². The van der Waals surface area contributed by atoms with Gasteiger partial charge in [0, 0.05) is 16.5 Å². The van der Waals surface area contributed by atoms with Crippen LogP contribution in [0.2, 0.25) is 20.4 Å². The summed E-state index contributed by atoms with van der Waals surface area (Å²) in [6, 6.07) is 8.86. The summed E-state index contributed by atoms with van der Waals surface area (Å²) in [4.78, 5) is 8.50. The van der Waals surface area contributed by atoms with Crippen molar-refractivity contribution in [2.24, 2.45) is 0 Å². The van der Waals surface area contributed by atoms with E-state index in [9.17, 15) is 0 Å². The Kier molecular flexibility index (Phi) is 4.38. The zero-order valence-corrected chi connectivity index (χ0v) is 14.1. The quantitative estimate of drug-likeness (QED) is 0.478. The second-order valence-corrected chi connectivity index (χ2v) is 6.62. The fraction of sp³-hybridized carbons (Fsp3) is 0. The summed E-state index contributed by atoms with van der Waals surface area (Å²) >= 11 is 25.3. The number of benzene rings is 1. The Morgan fingerprint density at radius 2 is 1.48 bits per heavy atom. The molecule has 3 rings (SSSR count). The number of hydrogen-bond acceptors (Lipinski definition) is 3. The second kappa shape index (κ2) is 6.11. The molecule has 0 unspecified atom stereocenters. The van der Waals surface area contributed by atoms with E-state index in [2.05, 4.69) is 9.97 Å². The van der Waals surface area contributed by atoms with Gasteiger partial charge in [-0.05, 0) is 24.3 Å². The van der Waals surface area contributed by atoms with Gasteiger partial charge in [0.1, 0.15) is 15.3 Å². The van der Waals surface area contributed by atoms with Gasteiger partial charge in [0.05, 0.1) is 15.7 Å². The van der Waals surface area contributed by atoms with Crippen molar-refractivity contribution >= 4 is 57.7 Å². The third-order valence-corrected chi connectivity index (χ3v) is 4.75. The van der Waals surface area contributed by atoms with Crippen LogP contribution in [0.5, 0.6) is 0 Å². The molecule has 0 N–H and O–H groups in total. The number of nitrogens with zero attached hydrogens (tertiary/aromatic N) is 2. The van der Waals surface area contributed by atoms with Crippen molar-refractivity contribution < 1.29 is 0 Å². The van der Waals surface area contributed by atoms with Gasteiger partial charge in [-0.3, -0.25) is 0 Å². The van der Waals surface area contributed by atoms with Gasteiger partial charge in [0.25, 0.3) is 0 Å². The van der Waals surface area contributed by atoms with Gasteiger partial charge in [0.2, 0.25) is 0 Å². The highest BCUT2D eigenvalue weighted by molar-refractivity contribution is 7.13. The van der Waals surface area contributed by atoms with E-state index >= 15 is 0 Å². The fourth-order valence-electron chi connectivity index (χ4n) is 1.78. The van der Waals surface area contributed by atoms with E-state index in [4.69, 9.17) is 46.4 Å². The topological polar surface area (TPSA) is 25.8 Å². The van der Waals surface area contributed by atoms with Crippen LogP contribution in [-0.2, 0) is 0 Å². The van der Waals surface area contributed by atoms with Crippen LogP contribution in [-0.4, -0.2) is 9.97 Å². The number of aromatic nitrogens is 2. The van der Waals surface area contributed by atoms with Crippen molar-refractivity contribution in [1.82, 2.24) is 9.97 Å². The molecule has 106 valence electrons. The van der Waals surface area contributed by atoms with Crippen LogP contribution in [0.4, 0.5) is 0 Å². The number of thiazole rings is 1. The van der Waals surface area contributed by atoms with E-state index in [1.54, 1.807) is 24.3 Å². The Hall–Kier alpha value is -0.840. The highest BCUT2D eigenvalue weighted by Crippen LogP contribution is 2.33.